The lowest BCUT2D eigenvalue weighted by Crippen LogP contribution is -2.26. The van der Waals surface area contributed by atoms with Crippen molar-refractivity contribution in [1.82, 2.24) is 5.32 Å². The van der Waals surface area contributed by atoms with E-state index < -0.39 is 6.04 Å². The van der Waals surface area contributed by atoms with E-state index in [1.165, 1.54) is 7.11 Å². The minimum atomic E-state index is -0.412. The predicted octanol–water partition coefficient (Wildman–Crippen LogP) is 2.70. The first-order valence-electron chi connectivity index (χ1n) is 5.50. The average molecular weight is 266 g/mol. The summed E-state index contributed by atoms with van der Waals surface area (Å²) in [4.78, 5) is 11.6. The van der Waals surface area contributed by atoms with Gasteiger partial charge in [-0.2, -0.15) is 0 Å². The molecule has 1 atom stereocenters. The number of methoxy groups -OCH3 is 1. The molecular weight excluding hydrogens is 250 g/mol. The van der Waals surface area contributed by atoms with E-state index in [0.717, 1.165) is 16.3 Å². The van der Waals surface area contributed by atoms with Crippen LogP contribution in [0.25, 0.3) is 10.8 Å². The van der Waals surface area contributed by atoms with Crippen molar-refractivity contribution in [3.8, 4) is 0 Å². The highest BCUT2D eigenvalue weighted by Gasteiger charge is 2.18. The van der Waals surface area contributed by atoms with Crippen molar-refractivity contribution in [2.45, 2.75) is 6.04 Å². The maximum atomic E-state index is 11.6. The van der Waals surface area contributed by atoms with Crippen LogP contribution in [-0.4, -0.2) is 20.1 Å². The van der Waals surface area contributed by atoms with E-state index in [4.69, 9.17) is 4.74 Å². The second kappa shape index (κ2) is 6.38. The number of fused-ring (bicyclic) bond motifs is 1. The van der Waals surface area contributed by atoms with E-state index in [1.807, 2.05) is 42.5 Å². The van der Waals surface area contributed by atoms with Gasteiger partial charge in [-0.15, -0.1) is 12.4 Å². The number of esters is 1. The summed E-state index contributed by atoms with van der Waals surface area (Å²) < 4.78 is 4.77. The summed E-state index contributed by atoms with van der Waals surface area (Å²) in [6.07, 6.45) is 0. The summed E-state index contributed by atoms with van der Waals surface area (Å²) in [5.41, 5.74) is 0.915. The minimum absolute atomic E-state index is 0. The van der Waals surface area contributed by atoms with Crippen molar-refractivity contribution in [2.75, 3.05) is 14.2 Å². The summed E-state index contributed by atoms with van der Waals surface area (Å²) in [5.74, 6) is -0.275. The summed E-state index contributed by atoms with van der Waals surface area (Å²) in [5, 5.41) is 5.24. The molecule has 2 aromatic carbocycles. The molecule has 0 aromatic heterocycles. The van der Waals surface area contributed by atoms with Gasteiger partial charge in [0.25, 0.3) is 0 Å². The molecule has 0 saturated heterocycles. The molecule has 2 aromatic rings. The van der Waals surface area contributed by atoms with Gasteiger partial charge in [0.2, 0.25) is 0 Å². The van der Waals surface area contributed by atoms with Crippen LogP contribution in [0.4, 0.5) is 0 Å². The van der Waals surface area contributed by atoms with E-state index in [9.17, 15) is 4.79 Å². The predicted molar refractivity (Wildman–Crippen MR) is 75.0 cm³/mol. The Hall–Kier alpha value is -1.58. The van der Waals surface area contributed by atoms with Crippen LogP contribution in [0.3, 0.4) is 0 Å². The maximum absolute atomic E-state index is 11.6. The number of carbonyl (C=O) groups excluding carboxylic acids is 1. The van der Waals surface area contributed by atoms with Gasteiger partial charge in [-0.25, -0.2) is 4.79 Å². The van der Waals surface area contributed by atoms with E-state index in [-0.39, 0.29) is 18.4 Å². The fourth-order valence-electron chi connectivity index (χ4n) is 1.93. The molecule has 3 nitrogen and oxygen atoms in total. The topological polar surface area (TPSA) is 38.3 Å². The molecule has 1 unspecified atom stereocenters. The Morgan fingerprint density at radius 3 is 2.44 bits per heavy atom. The van der Waals surface area contributed by atoms with Gasteiger partial charge in [0.05, 0.1) is 7.11 Å². The van der Waals surface area contributed by atoms with E-state index in [2.05, 4.69) is 5.32 Å². The highest BCUT2D eigenvalue weighted by atomic mass is 35.5. The van der Waals surface area contributed by atoms with Crippen LogP contribution >= 0.6 is 12.4 Å². The van der Waals surface area contributed by atoms with Gasteiger partial charge in [-0.3, -0.25) is 0 Å². The molecule has 0 heterocycles. The highest BCUT2D eigenvalue weighted by Crippen LogP contribution is 2.20. The SMILES string of the molecule is CNC(C(=O)OC)c1ccc2ccccc2c1.Cl. The Bertz CT molecular complexity index is 542. The van der Waals surface area contributed by atoms with Crippen LogP contribution < -0.4 is 5.32 Å². The number of nitrogens with one attached hydrogen (secondary N) is 1. The molecule has 18 heavy (non-hydrogen) atoms. The van der Waals surface area contributed by atoms with Crippen molar-refractivity contribution >= 4 is 29.1 Å². The summed E-state index contributed by atoms with van der Waals surface area (Å²) in [7, 11) is 3.14. The fraction of sp³-hybridized carbons (Fsp3) is 0.214. The fourth-order valence-corrected chi connectivity index (χ4v) is 1.93. The van der Waals surface area contributed by atoms with Crippen LogP contribution in [0.5, 0.6) is 0 Å². The smallest absolute Gasteiger partial charge is 0.327 e. The molecule has 0 aliphatic rings. The van der Waals surface area contributed by atoms with E-state index in [0.29, 0.717) is 0 Å². The van der Waals surface area contributed by atoms with Gasteiger partial charge in [0, 0.05) is 0 Å². The van der Waals surface area contributed by atoms with E-state index >= 15 is 0 Å². The minimum Gasteiger partial charge on any atom is -0.468 e. The third kappa shape index (κ3) is 2.81. The first-order valence-corrected chi connectivity index (χ1v) is 5.50. The number of ether oxygens (including phenoxy) is 1. The molecule has 0 bridgehead atoms. The Balaban J connectivity index is 0.00000162. The molecule has 0 aliphatic carbocycles. The van der Waals surface area contributed by atoms with Gasteiger partial charge < -0.3 is 10.1 Å². The molecule has 96 valence electrons. The Morgan fingerprint density at radius 1 is 1.17 bits per heavy atom. The number of halogens is 1. The third-order valence-corrected chi connectivity index (χ3v) is 2.83. The number of hydrogen-bond acceptors (Lipinski definition) is 3. The van der Waals surface area contributed by atoms with Crippen LogP contribution in [0.15, 0.2) is 42.5 Å². The Morgan fingerprint density at radius 2 is 1.83 bits per heavy atom. The molecule has 0 fully saturated rings. The molecule has 0 aliphatic heterocycles. The van der Waals surface area contributed by atoms with Crippen LogP contribution in [0, 0.1) is 0 Å². The van der Waals surface area contributed by atoms with Gasteiger partial charge in [-0.05, 0) is 29.4 Å². The summed E-state index contributed by atoms with van der Waals surface area (Å²) >= 11 is 0. The lowest BCUT2D eigenvalue weighted by Gasteiger charge is -2.14. The lowest BCUT2D eigenvalue weighted by molar-refractivity contribution is -0.143. The maximum Gasteiger partial charge on any atom is 0.327 e. The molecule has 0 radical (unpaired) electrons. The number of rotatable bonds is 3. The van der Waals surface area contributed by atoms with Crippen LogP contribution in [-0.2, 0) is 9.53 Å². The third-order valence-electron chi connectivity index (χ3n) is 2.83. The van der Waals surface area contributed by atoms with Gasteiger partial charge in [-0.1, -0.05) is 36.4 Å². The number of hydrogen-bond donors (Lipinski definition) is 1. The molecule has 0 amide bonds. The second-order valence-corrected chi connectivity index (χ2v) is 3.85. The van der Waals surface area contributed by atoms with Gasteiger partial charge in [0.1, 0.15) is 6.04 Å². The van der Waals surface area contributed by atoms with Gasteiger partial charge >= 0.3 is 5.97 Å². The molecule has 4 heteroatoms. The van der Waals surface area contributed by atoms with Crippen molar-refractivity contribution in [3.05, 3.63) is 48.0 Å². The van der Waals surface area contributed by atoms with Crippen molar-refractivity contribution in [3.63, 3.8) is 0 Å². The van der Waals surface area contributed by atoms with Crippen LogP contribution in [0.2, 0.25) is 0 Å². The summed E-state index contributed by atoms with van der Waals surface area (Å²) in [6, 6.07) is 13.6. The first kappa shape index (κ1) is 14.5. The first-order chi connectivity index (χ1) is 8.26. The Kier molecular flexibility index (Phi) is 5.13. The zero-order valence-electron chi connectivity index (χ0n) is 10.3. The molecular formula is C14H16ClNO2. The zero-order chi connectivity index (χ0) is 12.3. The van der Waals surface area contributed by atoms with Crippen molar-refractivity contribution in [2.24, 2.45) is 0 Å². The van der Waals surface area contributed by atoms with Gasteiger partial charge in [0.15, 0.2) is 0 Å². The monoisotopic (exact) mass is 265 g/mol. The number of likely N-dealkylation sites (N-methyl/N-ethyl adjacent to an activating group) is 1. The molecule has 2 rings (SSSR count). The van der Waals surface area contributed by atoms with Crippen molar-refractivity contribution < 1.29 is 9.53 Å². The van der Waals surface area contributed by atoms with E-state index in [1.54, 1.807) is 7.05 Å². The molecule has 0 saturated carbocycles. The molecule has 0 spiro atoms. The normalized spacial score (nSPS) is 11.7. The standard InChI is InChI=1S/C14H15NO2.ClH/c1-15-13(14(16)17-2)12-8-7-10-5-3-4-6-11(10)9-12;/h3-9,13,15H,1-2H3;1H. The quantitative estimate of drug-likeness (QED) is 0.868. The largest absolute Gasteiger partial charge is 0.468 e. The van der Waals surface area contributed by atoms with Crippen molar-refractivity contribution in [1.29, 1.82) is 0 Å². The second-order valence-electron chi connectivity index (χ2n) is 3.85. The number of benzene rings is 2. The Labute approximate surface area is 113 Å². The zero-order valence-corrected chi connectivity index (χ0v) is 11.2. The highest BCUT2D eigenvalue weighted by molar-refractivity contribution is 5.86. The summed E-state index contributed by atoms with van der Waals surface area (Å²) in [6.45, 7) is 0. The lowest BCUT2D eigenvalue weighted by atomic mass is 10.0. The average Bonchev–Trinajstić information content (AvgIpc) is 2.39. The molecule has 1 N–H and O–H groups in total. The van der Waals surface area contributed by atoms with Crippen LogP contribution in [0.1, 0.15) is 11.6 Å². The number of carbonyl (C=O) groups is 1.